The van der Waals surface area contributed by atoms with Gasteiger partial charge < -0.3 is 16.5 Å². The van der Waals surface area contributed by atoms with E-state index in [9.17, 15) is 4.79 Å². The Labute approximate surface area is 83.1 Å². The number of thioether (sulfide) groups is 1. The third-order valence-electron chi connectivity index (χ3n) is 1.67. The second-order valence-corrected chi connectivity index (χ2v) is 3.60. The number of nitrogens with zero attached hydrogens (tertiary/aromatic N) is 2. The highest BCUT2D eigenvalue weighted by molar-refractivity contribution is 8.13. The molecule has 0 aromatic carbocycles. The largest absolute Gasteiger partial charge is 0.383 e. The van der Waals surface area contributed by atoms with Crippen molar-refractivity contribution in [1.29, 1.82) is 0 Å². The lowest BCUT2D eigenvalue weighted by Crippen LogP contribution is -2.01. The van der Waals surface area contributed by atoms with Crippen LogP contribution < -0.4 is 11.5 Å². The zero-order valence-electron chi connectivity index (χ0n) is 7.02. The van der Waals surface area contributed by atoms with Gasteiger partial charge in [-0.25, -0.2) is 9.97 Å². The van der Waals surface area contributed by atoms with Crippen molar-refractivity contribution < 1.29 is 4.79 Å². The number of aromatic amines is 1. The van der Waals surface area contributed by atoms with Crippen molar-refractivity contribution in [3.8, 4) is 0 Å². The molecule has 0 saturated carbocycles. The molecule has 0 aliphatic heterocycles. The zero-order valence-corrected chi connectivity index (χ0v) is 7.84. The highest BCUT2D eigenvalue weighted by atomic mass is 32.2. The second-order valence-electron chi connectivity index (χ2n) is 2.56. The van der Waals surface area contributed by atoms with Gasteiger partial charge in [0.1, 0.15) is 17.8 Å². The van der Waals surface area contributed by atoms with Crippen LogP contribution in [0.15, 0.2) is 17.4 Å². The lowest BCUT2D eigenvalue weighted by Gasteiger charge is -1.96. The van der Waals surface area contributed by atoms with Crippen LogP contribution >= 0.6 is 11.8 Å². The van der Waals surface area contributed by atoms with Crippen LogP contribution in [-0.2, 0) is 0 Å². The van der Waals surface area contributed by atoms with E-state index in [2.05, 4.69) is 15.0 Å². The molecule has 7 heteroatoms. The number of hydrogen-bond acceptors (Lipinski definition) is 5. The summed E-state index contributed by atoms with van der Waals surface area (Å²) in [5, 5.41) is 0.144. The Kier molecular flexibility index (Phi) is 2.01. The van der Waals surface area contributed by atoms with Gasteiger partial charge in [-0.2, -0.15) is 0 Å². The normalized spacial score (nSPS) is 10.6. The molecule has 0 saturated heterocycles. The molecule has 0 fully saturated rings. The second kappa shape index (κ2) is 3.18. The van der Waals surface area contributed by atoms with E-state index in [1.807, 2.05) is 0 Å². The molecule has 0 bridgehead atoms. The van der Waals surface area contributed by atoms with Gasteiger partial charge in [0.2, 0.25) is 0 Å². The number of nitrogens with one attached hydrogen (secondary N) is 1. The molecule has 0 atom stereocenters. The lowest BCUT2D eigenvalue weighted by atomic mass is 10.4. The third kappa shape index (κ3) is 1.37. The van der Waals surface area contributed by atoms with Crippen LogP contribution in [0.4, 0.5) is 10.6 Å². The molecule has 1 amide bonds. The molecule has 0 unspecified atom stereocenters. The number of carbonyl (C=O) groups is 1. The molecule has 2 aromatic heterocycles. The number of H-pyrrole nitrogens is 1. The summed E-state index contributed by atoms with van der Waals surface area (Å²) in [6.45, 7) is 0. The van der Waals surface area contributed by atoms with Crippen molar-refractivity contribution in [2.45, 2.75) is 4.90 Å². The fourth-order valence-electron chi connectivity index (χ4n) is 1.15. The van der Waals surface area contributed by atoms with Crippen molar-refractivity contribution in [1.82, 2.24) is 15.0 Å². The van der Waals surface area contributed by atoms with E-state index in [1.54, 1.807) is 6.20 Å². The number of carbonyl (C=O) groups excluding carboxylic acids is 1. The molecular formula is C7H7N5OS. The average Bonchev–Trinajstić information content (AvgIpc) is 2.49. The van der Waals surface area contributed by atoms with Crippen LogP contribution in [0, 0.1) is 0 Å². The molecule has 0 aliphatic carbocycles. The molecule has 2 rings (SSSR count). The van der Waals surface area contributed by atoms with E-state index in [-0.39, 0.29) is 0 Å². The summed E-state index contributed by atoms with van der Waals surface area (Å²) < 4.78 is 0. The predicted octanol–water partition coefficient (Wildman–Crippen LogP) is 0.711. The Bertz CT molecular complexity index is 494. The Morgan fingerprint density at radius 3 is 3.00 bits per heavy atom. The van der Waals surface area contributed by atoms with Crippen LogP contribution in [-0.4, -0.2) is 20.2 Å². The maximum Gasteiger partial charge on any atom is 0.281 e. The summed E-state index contributed by atoms with van der Waals surface area (Å²) in [4.78, 5) is 22.0. The van der Waals surface area contributed by atoms with Gasteiger partial charge in [-0.1, -0.05) is 0 Å². The Hall–Kier alpha value is -1.76. The fourth-order valence-corrected chi connectivity index (χ4v) is 1.78. The van der Waals surface area contributed by atoms with E-state index >= 15 is 0 Å². The van der Waals surface area contributed by atoms with Gasteiger partial charge in [0.05, 0.1) is 5.39 Å². The predicted molar refractivity (Wildman–Crippen MR) is 53.7 cm³/mol. The average molecular weight is 209 g/mol. The first-order chi connectivity index (χ1) is 6.68. The minimum absolute atomic E-state index is 0.333. The topological polar surface area (TPSA) is 111 Å². The van der Waals surface area contributed by atoms with Gasteiger partial charge in [-0.05, 0) is 11.8 Å². The van der Waals surface area contributed by atoms with Crippen LogP contribution in [0.25, 0.3) is 11.0 Å². The number of nitrogen functional groups attached to an aromatic ring is 1. The smallest absolute Gasteiger partial charge is 0.281 e. The molecule has 0 radical (unpaired) electrons. The molecule has 2 heterocycles. The van der Waals surface area contributed by atoms with Gasteiger partial charge in [-0.3, -0.25) is 4.79 Å². The first-order valence-corrected chi connectivity index (χ1v) is 4.55. The minimum atomic E-state index is -0.492. The number of nitrogens with two attached hydrogens (primary N) is 2. The number of rotatable bonds is 1. The Balaban J connectivity index is 2.61. The van der Waals surface area contributed by atoms with Gasteiger partial charge in [-0.15, -0.1) is 0 Å². The molecule has 14 heavy (non-hydrogen) atoms. The maximum atomic E-state index is 10.7. The van der Waals surface area contributed by atoms with Crippen molar-refractivity contribution in [2.75, 3.05) is 5.73 Å². The van der Waals surface area contributed by atoms with Crippen molar-refractivity contribution >= 4 is 33.9 Å². The number of hydrogen-bond donors (Lipinski definition) is 3. The zero-order chi connectivity index (χ0) is 10.1. The standard InChI is InChI=1S/C7H7N5OS/c8-5-4-3(14-7(9)13)1-10-6(4)12-2-11-5/h1-2H,(H2,9,13)(H3,8,10,11,12). The summed E-state index contributed by atoms with van der Waals surface area (Å²) in [6.07, 6.45) is 2.98. The molecule has 6 nitrogen and oxygen atoms in total. The molecule has 5 N–H and O–H groups in total. The number of fused-ring (bicyclic) bond motifs is 1. The van der Waals surface area contributed by atoms with Crippen LogP contribution in [0.2, 0.25) is 0 Å². The summed E-state index contributed by atoms with van der Waals surface area (Å²) >= 11 is 0.896. The first kappa shape index (κ1) is 8.82. The van der Waals surface area contributed by atoms with Gasteiger partial charge in [0, 0.05) is 11.1 Å². The summed E-state index contributed by atoms with van der Waals surface area (Å²) in [6, 6.07) is 0. The van der Waals surface area contributed by atoms with Crippen molar-refractivity contribution in [3.05, 3.63) is 12.5 Å². The SMILES string of the molecule is NC(=O)Sc1c[nH]c2ncnc(N)c12. The van der Waals surface area contributed by atoms with E-state index in [0.29, 0.717) is 21.7 Å². The van der Waals surface area contributed by atoms with Crippen LogP contribution in [0.1, 0.15) is 0 Å². The molecule has 72 valence electrons. The van der Waals surface area contributed by atoms with E-state index in [0.717, 1.165) is 11.8 Å². The van der Waals surface area contributed by atoms with Crippen LogP contribution in [0.3, 0.4) is 0 Å². The molecular weight excluding hydrogens is 202 g/mol. The molecule has 0 aliphatic rings. The number of amides is 1. The quantitative estimate of drug-likeness (QED) is 0.599. The summed E-state index contributed by atoms with van der Waals surface area (Å²) in [7, 11) is 0. The highest BCUT2D eigenvalue weighted by Crippen LogP contribution is 2.29. The monoisotopic (exact) mass is 209 g/mol. The first-order valence-electron chi connectivity index (χ1n) is 3.73. The van der Waals surface area contributed by atoms with Crippen molar-refractivity contribution in [2.24, 2.45) is 5.73 Å². The number of aromatic nitrogens is 3. The lowest BCUT2D eigenvalue weighted by molar-refractivity contribution is 0.267. The number of primary amides is 1. The molecule has 0 spiro atoms. The van der Waals surface area contributed by atoms with Gasteiger partial charge >= 0.3 is 0 Å². The maximum absolute atomic E-state index is 10.7. The Morgan fingerprint density at radius 1 is 1.50 bits per heavy atom. The van der Waals surface area contributed by atoms with E-state index in [1.165, 1.54) is 6.33 Å². The van der Waals surface area contributed by atoms with Gasteiger partial charge in [0.25, 0.3) is 5.24 Å². The highest BCUT2D eigenvalue weighted by Gasteiger charge is 2.11. The van der Waals surface area contributed by atoms with E-state index < -0.39 is 5.24 Å². The van der Waals surface area contributed by atoms with E-state index in [4.69, 9.17) is 11.5 Å². The van der Waals surface area contributed by atoms with Gasteiger partial charge in [0.15, 0.2) is 0 Å². The fraction of sp³-hybridized carbons (Fsp3) is 0. The van der Waals surface area contributed by atoms with Crippen LogP contribution in [0.5, 0.6) is 0 Å². The Morgan fingerprint density at radius 2 is 2.29 bits per heavy atom. The number of anilines is 1. The molecule has 2 aromatic rings. The summed E-state index contributed by atoms with van der Waals surface area (Å²) in [5.74, 6) is 0.333. The minimum Gasteiger partial charge on any atom is -0.383 e. The summed E-state index contributed by atoms with van der Waals surface area (Å²) in [5.41, 5.74) is 11.3. The van der Waals surface area contributed by atoms with Crippen molar-refractivity contribution in [3.63, 3.8) is 0 Å². The third-order valence-corrected chi connectivity index (χ3v) is 2.42.